The van der Waals surface area contributed by atoms with Crippen LogP contribution in [-0.4, -0.2) is 16.9 Å². The molecular weight excluding hydrogens is 208 g/mol. The molecule has 0 fully saturated rings. The molecule has 0 aromatic rings. The van der Waals surface area contributed by atoms with Gasteiger partial charge >= 0.3 is 0 Å². The Morgan fingerprint density at radius 1 is 1.47 bits per heavy atom. The van der Waals surface area contributed by atoms with Gasteiger partial charge < -0.3 is 11.1 Å². The summed E-state index contributed by atoms with van der Waals surface area (Å²) in [4.78, 5) is 12.1. The topological polar surface area (TPSA) is 55.1 Å². The van der Waals surface area contributed by atoms with Crippen LogP contribution in [0.4, 0.5) is 0 Å². The molecule has 0 aliphatic rings. The van der Waals surface area contributed by atoms with E-state index in [-0.39, 0.29) is 28.3 Å². The van der Waals surface area contributed by atoms with Crippen molar-refractivity contribution >= 4 is 23.1 Å². The van der Waals surface area contributed by atoms with Crippen LogP contribution in [-0.2, 0) is 4.79 Å². The Bertz CT molecular complexity index is 245. The molecule has 0 saturated carbocycles. The van der Waals surface area contributed by atoms with Crippen LogP contribution in [0.15, 0.2) is 0 Å². The highest BCUT2D eigenvalue weighted by atomic mass is 32.1. The fourth-order valence-electron chi connectivity index (χ4n) is 1.05. The minimum atomic E-state index is -0.343. The summed E-state index contributed by atoms with van der Waals surface area (Å²) in [5, 5.41) is 2.95. The number of hydrogen-bond donors (Lipinski definition) is 2. The van der Waals surface area contributed by atoms with Crippen LogP contribution in [0.3, 0.4) is 0 Å². The number of nitrogens with two attached hydrogens (primary N) is 1. The average Bonchev–Trinajstić information content (AvgIpc) is 2.02. The van der Waals surface area contributed by atoms with E-state index < -0.39 is 0 Å². The molecule has 0 aliphatic carbocycles. The first-order valence-corrected chi connectivity index (χ1v) is 5.70. The number of rotatable bonds is 4. The van der Waals surface area contributed by atoms with E-state index in [9.17, 15) is 4.79 Å². The molecule has 3 nitrogen and oxygen atoms in total. The summed E-state index contributed by atoms with van der Waals surface area (Å²) in [5.74, 6) is -0.405. The van der Waals surface area contributed by atoms with Gasteiger partial charge in [-0.1, -0.05) is 39.9 Å². The van der Waals surface area contributed by atoms with Gasteiger partial charge in [-0.3, -0.25) is 4.79 Å². The molecule has 0 radical (unpaired) electrons. The first-order chi connectivity index (χ1) is 6.70. The smallest absolute Gasteiger partial charge is 0.230 e. The lowest BCUT2D eigenvalue weighted by molar-refractivity contribution is -0.124. The van der Waals surface area contributed by atoms with Gasteiger partial charge in [-0.05, 0) is 18.8 Å². The summed E-state index contributed by atoms with van der Waals surface area (Å²) in [5.41, 5.74) is 5.55. The lowest BCUT2D eigenvalue weighted by atomic mass is 9.87. The first kappa shape index (κ1) is 14.4. The minimum Gasteiger partial charge on any atom is -0.393 e. The van der Waals surface area contributed by atoms with Crippen molar-refractivity contribution in [3.63, 3.8) is 0 Å². The van der Waals surface area contributed by atoms with Crippen LogP contribution in [0.1, 0.15) is 41.0 Å². The van der Waals surface area contributed by atoms with Crippen molar-refractivity contribution in [2.45, 2.75) is 47.1 Å². The third kappa shape index (κ3) is 4.60. The second-order valence-corrected chi connectivity index (χ2v) is 5.43. The van der Waals surface area contributed by atoms with Gasteiger partial charge in [-0.25, -0.2) is 0 Å². The van der Waals surface area contributed by atoms with Crippen molar-refractivity contribution in [3.05, 3.63) is 0 Å². The molecule has 0 spiro atoms. The average molecular weight is 230 g/mol. The second-order valence-electron chi connectivity index (χ2n) is 4.96. The SMILES string of the molecule is CCC(C(=O)NC(C)C(C)(C)C)C(N)=S. The third-order valence-corrected chi connectivity index (χ3v) is 3.01. The maximum atomic E-state index is 11.8. The van der Waals surface area contributed by atoms with Crippen LogP contribution in [0.2, 0.25) is 0 Å². The van der Waals surface area contributed by atoms with Gasteiger partial charge in [0.05, 0.1) is 10.9 Å². The number of thiocarbonyl (C=S) groups is 1. The van der Waals surface area contributed by atoms with Crippen molar-refractivity contribution in [1.29, 1.82) is 0 Å². The molecule has 0 bridgehead atoms. The number of carbonyl (C=O) groups is 1. The molecule has 15 heavy (non-hydrogen) atoms. The van der Waals surface area contributed by atoms with Crippen molar-refractivity contribution < 1.29 is 4.79 Å². The van der Waals surface area contributed by atoms with Crippen molar-refractivity contribution in [3.8, 4) is 0 Å². The Kier molecular flexibility index (Phi) is 5.21. The van der Waals surface area contributed by atoms with E-state index in [4.69, 9.17) is 18.0 Å². The molecule has 1 amide bonds. The summed E-state index contributed by atoms with van der Waals surface area (Å²) in [6, 6.07) is 0.105. The molecule has 0 aromatic heterocycles. The van der Waals surface area contributed by atoms with Gasteiger partial charge in [0.25, 0.3) is 0 Å². The van der Waals surface area contributed by atoms with Crippen LogP contribution in [0.5, 0.6) is 0 Å². The Labute approximate surface area is 97.8 Å². The first-order valence-electron chi connectivity index (χ1n) is 5.29. The van der Waals surface area contributed by atoms with Crippen molar-refractivity contribution in [2.24, 2.45) is 17.1 Å². The molecule has 0 rings (SSSR count). The van der Waals surface area contributed by atoms with Crippen LogP contribution in [0.25, 0.3) is 0 Å². The van der Waals surface area contributed by atoms with Crippen LogP contribution < -0.4 is 11.1 Å². The lowest BCUT2D eigenvalue weighted by Crippen LogP contribution is -2.46. The third-order valence-electron chi connectivity index (χ3n) is 2.73. The number of carbonyl (C=O) groups excluding carboxylic acids is 1. The van der Waals surface area contributed by atoms with Crippen molar-refractivity contribution in [1.82, 2.24) is 5.32 Å². The molecular formula is C11H22N2OS. The van der Waals surface area contributed by atoms with E-state index in [0.717, 1.165) is 0 Å². The second kappa shape index (κ2) is 5.45. The molecule has 0 aliphatic heterocycles. The van der Waals surface area contributed by atoms with Crippen LogP contribution in [0, 0.1) is 11.3 Å². The normalized spacial score (nSPS) is 15.5. The van der Waals surface area contributed by atoms with Gasteiger partial charge in [0.1, 0.15) is 0 Å². The maximum absolute atomic E-state index is 11.8. The van der Waals surface area contributed by atoms with E-state index in [2.05, 4.69) is 26.1 Å². The molecule has 4 heteroatoms. The largest absolute Gasteiger partial charge is 0.393 e. The predicted molar refractivity (Wildman–Crippen MR) is 67.6 cm³/mol. The minimum absolute atomic E-state index is 0.0458. The van der Waals surface area contributed by atoms with E-state index >= 15 is 0 Å². The predicted octanol–water partition coefficient (Wildman–Crippen LogP) is 1.85. The summed E-state index contributed by atoms with van der Waals surface area (Å²) in [6.45, 7) is 10.1. The highest BCUT2D eigenvalue weighted by Gasteiger charge is 2.26. The van der Waals surface area contributed by atoms with E-state index in [1.807, 2.05) is 13.8 Å². The summed E-state index contributed by atoms with van der Waals surface area (Å²) < 4.78 is 0. The summed E-state index contributed by atoms with van der Waals surface area (Å²) in [6.07, 6.45) is 0.651. The number of nitrogens with one attached hydrogen (secondary N) is 1. The number of hydrogen-bond acceptors (Lipinski definition) is 2. The van der Waals surface area contributed by atoms with Crippen molar-refractivity contribution in [2.75, 3.05) is 0 Å². The maximum Gasteiger partial charge on any atom is 0.230 e. The standard InChI is InChI=1S/C11H22N2OS/c1-6-8(9(12)15)10(14)13-7(2)11(3,4)5/h7-8H,6H2,1-5H3,(H2,12,15)(H,13,14). The molecule has 2 atom stereocenters. The van der Waals surface area contributed by atoms with E-state index in [1.54, 1.807) is 0 Å². The quantitative estimate of drug-likeness (QED) is 0.725. The fraction of sp³-hybridized carbons (Fsp3) is 0.818. The monoisotopic (exact) mass is 230 g/mol. The zero-order valence-electron chi connectivity index (χ0n) is 10.3. The molecule has 2 unspecified atom stereocenters. The van der Waals surface area contributed by atoms with Gasteiger partial charge in [-0.15, -0.1) is 0 Å². The highest BCUT2D eigenvalue weighted by molar-refractivity contribution is 7.80. The molecule has 0 saturated heterocycles. The Morgan fingerprint density at radius 3 is 2.20 bits per heavy atom. The summed E-state index contributed by atoms with van der Waals surface area (Å²) >= 11 is 4.86. The molecule has 3 N–H and O–H groups in total. The summed E-state index contributed by atoms with van der Waals surface area (Å²) in [7, 11) is 0. The van der Waals surface area contributed by atoms with Gasteiger partial charge in [0.2, 0.25) is 5.91 Å². The Morgan fingerprint density at radius 2 is 1.93 bits per heavy atom. The molecule has 0 heterocycles. The number of amides is 1. The highest BCUT2D eigenvalue weighted by Crippen LogP contribution is 2.19. The van der Waals surface area contributed by atoms with Gasteiger partial charge in [0.15, 0.2) is 0 Å². The van der Waals surface area contributed by atoms with Gasteiger partial charge in [-0.2, -0.15) is 0 Å². The zero-order valence-corrected chi connectivity index (χ0v) is 11.1. The molecule has 88 valence electrons. The van der Waals surface area contributed by atoms with Gasteiger partial charge in [0, 0.05) is 6.04 Å². The zero-order chi connectivity index (χ0) is 12.2. The molecule has 0 aromatic carbocycles. The lowest BCUT2D eigenvalue weighted by Gasteiger charge is -2.29. The van der Waals surface area contributed by atoms with E-state index in [0.29, 0.717) is 6.42 Å². The van der Waals surface area contributed by atoms with Crippen LogP contribution >= 0.6 is 12.2 Å². The Balaban J connectivity index is 4.42. The fourth-order valence-corrected chi connectivity index (χ4v) is 1.32. The Hall–Kier alpha value is -0.640. The van der Waals surface area contributed by atoms with E-state index in [1.165, 1.54) is 0 Å².